The maximum atomic E-state index is 2.54. The van der Waals surface area contributed by atoms with Crippen LogP contribution in [0, 0.1) is 12.8 Å². The van der Waals surface area contributed by atoms with Gasteiger partial charge in [-0.2, -0.15) is 0 Å². The third-order valence-electron chi connectivity index (χ3n) is 6.52. The Morgan fingerprint density at radius 3 is 2.21 bits per heavy atom. The summed E-state index contributed by atoms with van der Waals surface area (Å²) in [5, 5.41) is 0. The number of hydrogen-bond acceptors (Lipinski definition) is 0. The summed E-state index contributed by atoms with van der Waals surface area (Å²) in [5.41, 5.74) is 7.41. The molecule has 1 fully saturated rings. The summed E-state index contributed by atoms with van der Waals surface area (Å²) in [4.78, 5) is 0. The molecule has 1 nitrogen and oxygen atoms in total. The average Bonchev–Trinajstić information content (AvgIpc) is 3.07. The molecule has 0 atom stereocenters. The van der Waals surface area contributed by atoms with Crippen LogP contribution < -0.4 is 8.96 Å². The molecule has 0 N–H and O–H groups in total. The van der Waals surface area contributed by atoms with Crippen molar-refractivity contribution in [3.8, 4) is 11.3 Å². The predicted molar refractivity (Wildman–Crippen MR) is 125 cm³/mol. The van der Waals surface area contributed by atoms with Crippen molar-refractivity contribution in [2.45, 2.75) is 82.5 Å². The van der Waals surface area contributed by atoms with Crippen molar-refractivity contribution >= 4 is 17.7 Å². The number of benzene rings is 1. The minimum atomic E-state index is -1.92. The van der Waals surface area contributed by atoms with Crippen molar-refractivity contribution in [3.63, 3.8) is 0 Å². The molecule has 2 heteroatoms. The number of pyridine rings is 1. The van der Waals surface area contributed by atoms with Crippen LogP contribution in [0.4, 0.5) is 0 Å². The van der Waals surface area contributed by atoms with Gasteiger partial charge in [-0.1, -0.05) is 0 Å². The van der Waals surface area contributed by atoms with Crippen LogP contribution >= 0.6 is 0 Å². The Kier molecular flexibility index (Phi) is 6.16. The molecule has 1 aromatic carbocycles. The standard InChI is InChI=1S/C26H40GeN/c1-19-15-22(26(2,3)4)13-14-23(19)25-17-21(16-20-11-9-10-12-20)24(18-28(25)8)27(5,6)7/h13-15,17-18,20H,9-12,16H2,1-8H3/q+1. The average molecular weight is 439 g/mol. The zero-order chi connectivity index (χ0) is 20.7. The first-order valence-electron chi connectivity index (χ1n) is 11.1. The van der Waals surface area contributed by atoms with Gasteiger partial charge in [0.25, 0.3) is 0 Å². The molecule has 1 aliphatic rings. The second-order valence-corrected chi connectivity index (χ2v) is 21.7. The monoisotopic (exact) mass is 440 g/mol. The zero-order valence-corrected chi connectivity index (χ0v) is 21.5. The number of nitrogens with zero attached hydrogens (tertiary/aromatic N) is 1. The summed E-state index contributed by atoms with van der Waals surface area (Å²) in [6.45, 7) is 9.17. The Bertz CT molecular complexity index is 846. The van der Waals surface area contributed by atoms with Gasteiger partial charge in [-0.3, -0.25) is 0 Å². The van der Waals surface area contributed by atoms with Gasteiger partial charge < -0.3 is 0 Å². The van der Waals surface area contributed by atoms with E-state index < -0.39 is 13.3 Å². The van der Waals surface area contributed by atoms with E-state index in [0.29, 0.717) is 0 Å². The summed E-state index contributed by atoms with van der Waals surface area (Å²) in [6.07, 6.45) is 9.47. The van der Waals surface area contributed by atoms with Crippen molar-refractivity contribution in [3.05, 3.63) is 47.2 Å². The van der Waals surface area contributed by atoms with E-state index >= 15 is 0 Å². The molecule has 3 rings (SSSR count). The second-order valence-electron chi connectivity index (χ2n) is 11.1. The molecule has 0 unspecified atom stereocenters. The molecule has 1 saturated carbocycles. The summed E-state index contributed by atoms with van der Waals surface area (Å²) in [5.74, 6) is 8.51. The van der Waals surface area contributed by atoms with Crippen molar-refractivity contribution in [1.82, 2.24) is 0 Å². The van der Waals surface area contributed by atoms with Crippen LogP contribution in [0.1, 0.15) is 63.1 Å². The Morgan fingerprint density at radius 1 is 1.04 bits per heavy atom. The van der Waals surface area contributed by atoms with E-state index in [1.807, 2.05) is 0 Å². The number of hydrogen-bond donors (Lipinski definition) is 0. The van der Waals surface area contributed by atoms with E-state index in [4.69, 9.17) is 0 Å². The third-order valence-corrected chi connectivity index (χ3v) is 10.9. The SMILES string of the molecule is Cc1cc(C(C)(C)C)ccc1-c1cc(CC2CCCC2)[c]([Ge]([CH3])([CH3])[CH3])c[n+]1C. The van der Waals surface area contributed by atoms with Gasteiger partial charge in [-0.15, -0.1) is 0 Å². The quantitative estimate of drug-likeness (QED) is 0.403. The fourth-order valence-electron chi connectivity index (χ4n) is 4.75. The fourth-order valence-corrected chi connectivity index (χ4v) is 8.35. The van der Waals surface area contributed by atoms with E-state index in [1.165, 1.54) is 54.5 Å². The van der Waals surface area contributed by atoms with Gasteiger partial charge in [-0.25, -0.2) is 0 Å². The first kappa shape index (κ1) is 21.6. The van der Waals surface area contributed by atoms with Crippen LogP contribution in [0.5, 0.6) is 0 Å². The molecule has 2 aromatic rings. The van der Waals surface area contributed by atoms with Crippen LogP contribution in [0.2, 0.25) is 17.3 Å². The summed E-state index contributed by atoms with van der Waals surface area (Å²) >= 11 is -1.92. The summed E-state index contributed by atoms with van der Waals surface area (Å²) in [7, 11) is 2.24. The van der Waals surface area contributed by atoms with E-state index in [2.05, 4.69) is 87.0 Å². The van der Waals surface area contributed by atoms with Crippen molar-refractivity contribution in [1.29, 1.82) is 0 Å². The fraction of sp³-hybridized carbons (Fsp3) is 0.577. The van der Waals surface area contributed by atoms with E-state index in [1.54, 1.807) is 9.96 Å². The molecule has 152 valence electrons. The van der Waals surface area contributed by atoms with Gasteiger partial charge in [0.15, 0.2) is 0 Å². The van der Waals surface area contributed by atoms with Crippen molar-refractivity contribution in [2.24, 2.45) is 13.0 Å². The molecule has 0 bridgehead atoms. The molecule has 1 aromatic heterocycles. The number of aryl methyl sites for hydroxylation is 2. The summed E-state index contributed by atoms with van der Waals surface area (Å²) in [6, 6.07) is 9.61. The maximum absolute atomic E-state index is 2.54. The molecule has 0 amide bonds. The molecule has 0 radical (unpaired) electrons. The topological polar surface area (TPSA) is 3.88 Å². The van der Waals surface area contributed by atoms with Gasteiger partial charge >= 0.3 is 176 Å². The molecule has 0 aliphatic heterocycles. The van der Waals surface area contributed by atoms with Crippen LogP contribution in [0.25, 0.3) is 11.3 Å². The molecule has 0 spiro atoms. The molecular weight excluding hydrogens is 399 g/mol. The first-order valence-corrected chi connectivity index (χ1v) is 18.5. The minimum absolute atomic E-state index is 0.197. The Balaban J connectivity index is 2.08. The van der Waals surface area contributed by atoms with Crippen molar-refractivity contribution in [2.75, 3.05) is 0 Å². The van der Waals surface area contributed by atoms with Crippen LogP contribution in [-0.2, 0) is 18.9 Å². The van der Waals surface area contributed by atoms with E-state index in [0.717, 1.165) is 5.92 Å². The Hall–Kier alpha value is -1.09. The predicted octanol–water partition coefficient (Wildman–Crippen LogP) is 6.06. The molecule has 1 aliphatic carbocycles. The van der Waals surface area contributed by atoms with Gasteiger partial charge in [0.1, 0.15) is 0 Å². The normalized spacial score (nSPS) is 16.0. The van der Waals surface area contributed by atoms with Gasteiger partial charge in [0.2, 0.25) is 0 Å². The number of aromatic nitrogens is 1. The molecule has 0 saturated heterocycles. The summed E-state index contributed by atoms with van der Waals surface area (Å²) < 4.78 is 4.09. The van der Waals surface area contributed by atoms with Crippen LogP contribution in [-0.4, -0.2) is 13.3 Å². The van der Waals surface area contributed by atoms with Gasteiger partial charge in [0.05, 0.1) is 0 Å². The second kappa shape index (κ2) is 7.97. The van der Waals surface area contributed by atoms with Crippen LogP contribution in [0.15, 0.2) is 30.5 Å². The Labute approximate surface area is 175 Å². The first-order chi connectivity index (χ1) is 13.0. The molecular formula is C26H40GeN+. The number of rotatable bonds is 4. The van der Waals surface area contributed by atoms with Crippen molar-refractivity contribution < 1.29 is 4.57 Å². The Morgan fingerprint density at radius 2 is 1.68 bits per heavy atom. The zero-order valence-electron chi connectivity index (χ0n) is 19.4. The molecule has 28 heavy (non-hydrogen) atoms. The molecule has 1 heterocycles. The van der Waals surface area contributed by atoms with Crippen LogP contribution in [0.3, 0.4) is 0 Å². The van der Waals surface area contributed by atoms with E-state index in [-0.39, 0.29) is 5.41 Å². The third kappa shape index (κ3) is 4.72. The van der Waals surface area contributed by atoms with Gasteiger partial charge in [0, 0.05) is 0 Å². The van der Waals surface area contributed by atoms with Gasteiger partial charge in [-0.05, 0) is 0 Å². The van der Waals surface area contributed by atoms with E-state index in [9.17, 15) is 0 Å².